The van der Waals surface area contributed by atoms with Crippen LogP contribution in [-0.4, -0.2) is 32.9 Å². The topological polar surface area (TPSA) is 9.26 Å². The summed E-state index contributed by atoms with van der Waals surface area (Å²) < 4.78 is 7.74. The summed E-state index contributed by atoms with van der Waals surface area (Å²) in [6, 6.07) is 32.3. The molecule has 3 aromatic carbocycles. The van der Waals surface area contributed by atoms with E-state index in [1.807, 2.05) is 0 Å². The minimum atomic E-state index is -3.64. The standard InChI is InChI=1S/C28H34ClN3Si/c1-27(2,3)31-25(22-16-10-7-11-17-22)32(28(4,5)6)33(31,29)26(23-18-12-8-13-19-23)30(33)24-20-14-9-15-21-24/h7-21,26H,1-6H3/t26-,30?/m0/s1. The van der Waals surface area contributed by atoms with Crippen LogP contribution in [0.5, 0.6) is 0 Å². The molecule has 1 fully saturated rings. The van der Waals surface area contributed by atoms with Gasteiger partial charge in [-0.05, 0) is 0 Å². The molecular formula is C28H34ClN3Si. The fourth-order valence-electron chi connectivity index (χ4n) is 6.12. The van der Waals surface area contributed by atoms with E-state index in [0.29, 0.717) is 0 Å². The summed E-state index contributed by atoms with van der Waals surface area (Å²) in [5.41, 5.74) is 3.49. The molecule has 1 spiro atoms. The van der Waals surface area contributed by atoms with Gasteiger partial charge in [0.15, 0.2) is 0 Å². The molecule has 2 aliphatic heterocycles. The number of amidine groups is 1. The molecule has 172 valence electrons. The molecule has 2 heterocycles. The number of hydrogen-bond donors (Lipinski definition) is 0. The Bertz CT molecular complexity index is 1170. The quantitative estimate of drug-likeness (QED) is 0.234. The molecule has 5 rings (SSSR count). The Labute approximate surface area is 203 Å². The zero-order chi connectivity index (χ0) is 23.7. The van der Waals surface area contributed by atoms with Gasteiger partial charge in [-0.2, -0.15) is 0 Å². The van der Waals surface area contributed by atoms with Crippen LogP contribution in [0.3, 0.4) is 0 Å². The van der Waals surface area contributed by atoms with Crippen LogP contribution in [-0.2, 0) is 0 Å². The maximum absolute atomic E-state index is 8.33. The molecule has 1 saturated heterocycles. The number of nitrogens with zero attached hydrogens (tertiary/aromatic N) is 3. The van der Waals surface area contributed by atoms with Gasteiger partial charge in [0.2, 0.25) is 0 Å². The van der Waals surface area contributed by atoms with Crippen LogP contribution in [0.15, 0.2) is 91.0 Å². The van der Waals surface area contributed by atoms with Gasteiger partial charge in [-0.15, -0.1) is 0 Å². The van der Waals surface area contributed by atoms with E-state index in [-0.39, 0.29) is 16.7 Å². The summed E-state index contributed by atoms with van der Waals surface area (Å²) in [6.07, 6.45) is 0. The average molecular weight is 476 g/mol. The molecule has 0 aromatic heterocycles. The van der Waals surface area contributed by atoms with E-state index >= 15 is 0 Å². The second-order valence-electron chi connectivity index (χ2n) is 11.3. The molecule has 1 atom stereocenters. The van der Waals surface area contributed by atoms with Crippen LogP contribution in [0.4, 0.5) is 5.69 Å². The van der Waals surface area contributed by atoms with Gasteiger partial charge in [-0.3, -0.25) is 0 Å². The normalized spacial score (nSPS) is 22.5. The summed E-state index contributed by atoms with van der Waals surface area (Å²) in [5.74, 6) is 1.23. The first-order chi connectivity index (χ1) is 15.5. The number of para-hydroxylation sites is 1. The van der Waals surface area contributed by atoms with E-state index in [4.69, 9.17) is 11.1 Å². The van der Waals surface area contributed by atoms with Gasteiger partial charge in [0, 0.05) is 0 Å². The Kier molecular flexibility index (Phi) is 4.70. The van der Waals surface area contributed by atoms with Crippen LogP contribution in [0.25, 0.3) is 0 Å². The van der Waals surface area contributed by atoms with E-state index in [0.717, 1.165) is 0 Å². The number of rotatable bonds is 3. The van der Waals surface area contributed by atoms with Gasteiger partial charge < -0.3 is 0 Å². The zero-order valence-electron chi connectivity index (χ0n) is 20.5. The van der Waals surface area contributed by atoms with Crippen LogP contribution in [0.2, 0.25) is 0 Å². The maximum atomic E-state index is 8.33. The molecule has 0 amide bonds. The third-order valence-electron chi connectivity index (χ3n) is 6.88. The first-order valence-electron chi connectivity index (χ1n) is 11.8. The van der Waals surface area contributed by atoms with Crippen LogP contribution in [0, 0.1) is 0 Å². The first-order valence-corrected chi connectivity index (χ1v) is 15.2. The van der Waals surface area contributed by atoms with E-state index in [1.165, 1.54) is 22.6 Å². The monoisotopic (exact) mass is 475 g/mol. The molecule has 0 bridgehead atoms. The predicted octanol–water partition coefficient (Wildman–Crippen LogP) is 6.79. The molecule has 2 aliphatic rings. The van der Waals surface area contributed by atoms with Crippen LogP contribution < -0.4 is 4.57 Å². The summed E-state index contributed by atoms with van der Waals surface area (Å²) in [6.45, 7) is 13.8. The Morgan fingerprint density at radius 2 is 1.21 bits per heavy atom. The molecular weight excluding hydrogens is 442 g/mol. The molecule has 0 saturated carbocycles. The zero-order valence-corrected chi connectivity index (χ0v) is 22.2. The minimum absolute atomic E-state index is 0.112. The number of halogens is 1. The van der Waals surface area contributed by atoms with Gasteiger partial charge in [-0.1, -0.05) is 0 Å². The van der Waals surface area contributed by atoms with Gasteiger partial charge in [-0.25, -0.2) is 0 Å². The van der Waals surface area contributed by atoms with Crippen LogP contribution in [0.1, 0.15) is 58.3 Å². The van der Waals surface area contributed by atoms with E-state index in [1.54, 1.807) is 0 Å². The molecule has 0 radical (unpaired) electrons. The second-order valence-corrected chi connectivity index (χ2v) is 17.5. The van der Waals surface area contributed by atoms with Crippen molar-refractivity contribution in [3.8, 4) is 0 Å². The second kappa shape index (κ2) is 6.97. The fourth-order valence-corrected chi connectivity index (χ4v) is 17.1. The van der Waals surface area contributed by atoms with Gasteiger partial charge >= 0.3 is 204 Å². The van der Waals surface area contributed by atoms with Gasteiger partial charge in [0.05, 0.1) is 0 Å². The van der Waals surface area contributed by atoms with Gasteiger partial charge in [0.25, 0.3) is 0 Å². The molecule has 3 aromatic rings. The predicted molar refractivity (Wildman–Crippen MR) is 142 cm³/mol. The third-order valence-corrected chi connectivity index (χ3v) is 15.2. The van der Waals surface area contributed by atoms with Crippen molar-refractivity contribution in [2.75, 3.05) is 4.57 Å². The SMILES string of the molecule is CC(C)(C)N1C(c2ccccc2)=[N+](C(C)(C)C)[Si-]12(Cl)[C@@H](c1ccccc1)N2c1ccccc1. The fraction of sp³-hybridized carbons (Fsp3) is 0.321. The molecule has 33 heavy (non-hydrogen) atoms. The van der Waals surface area contributed by atoms with Crippen molar-refractivity contribution < 1.29 is 4.24 Å². The molecule has 5 heteroatoms. The van der Waals surface area contributed by atoms with Crippen molar-refractivity contribution in [3.63, 3.8) is 0 Å². The Balaban J connectivity index is 1.87. The van der Waals surface area contributed by atoms with Gasteiger partial charge in [0.1, 0.15) is 0 Å². The van der Waals surface area contributed by atoms with Crippen LogP contribution >= 0.6 is 11.1 Å². The Hall–Kier alpha value is -2.56. The van der Waals surface area contributed by atoms with Crippen molar-refractivity contribution in [3.05, 3.63) is 102 Å². The van der Waals surface area contributed by atoms with E-state index in [9.17, 15) is 0 Å². The third kappa shape index (κ3) is 2.90. The summed E-state index contributed by atoms with van der Waals surface area (Å²) in [4.78, 5) is 0. The first kappa shape index (κ1) is 22.2. The van der Waals surface area contributed by atoms with Crippen molar-refractivity contribution in [1.82, 2.24) is 4.57 Å². The Morgan fingerprint density at radius 3 is 1.70 bits per heavy atom. The number of hydrogen-bond acceptors (Lipinski definition) is 2. The van der Waals surface area contributed by atoms with Crippen molar-refractivity contribution in [1.29, 1.82) is 0 Å². The van der Waals surface area contributed by atoms with Crippen molar-refractivity contribution in [2.45, 2.75) is 58.3 Å². The Morgan fingerprint density at radius 1 is 0.727 bits per heavy atom. The molecule has 0 unspecified atom stereocenters. The van der Waals surface area contributed by atoms with Crippen molar-refractivity contribution >= 4 is 29.7 Å². The molecule has 3 nitrogen and oxygen atoms in total. The summed E-state index contributed by atoms with van der Waals surface area (Å²) >= 11 is 8.33. The molecule has 0 aliphatic carbocycles. The summed E-state index contributed by atoms with van der Waals surface area (Å²) in [7, 11) is -3.64. The average Bonchev–Trinajstić information content (AvgIpc) is 3.36. The number of anilines is 1. The summed E-state index contributed by atoms with van der Waals surface area (Å²) in [5, 5.41) is 0. The van der Waals surface area contributed by atoms with Crippen molar-refractivity contribution in [2.24, 2.45) is 0 Å². The number of benzene rings is 3. The van der Waals surface area contributed by atoms with E-state index < -0.39 is 7.15 Å². The molecule has 0 N–H and O–H groups in total. The van der Waals surface area contributed by atoms with E-state index in [2.05, 4.69) is 146 Å².